The molecule has 0 aliphatic rings. The molecule has 88 heavy (non-hydrogen) atoms. The third-order valence-electron chi connectivity index (χ3n) is 17.8. The second kappa shape index (κ2) is 17.6. The smallest absolute Gasteiger partial charge is 0.240 e. The minimum atomic E-state index is 0.531. The van der Waals surface area contributed by atoms with Crippen LogP contribution in [-0.2, 0) is 0 Å². The van der Waals surface area contributed by atoms with Gasteiger partial charge in [-0.3, -0.25) is 22.3 Å². The molecule has 20 aromatic rings. The molecule has 0 aliphatic carbocycles. The number of aromatic nitrogens is 13. The molecule has 0 unspecified atom stereocenters. The molecule has 10 aromatic carbocycles. The predicted octanol–water partition coefficient (Wildman–Crippen LogP) is 17.1. The number of para-hydroxylation sites is 8. The van der Waals surface area contributed by atoms with Crippen LogP contribution in [0.15, 0.2) is 261 Å². The predicted molar refractivity (Wildman–Crippen MR) is 353 cm³/mol. The third-order valence-corrected chi connectivity index (χ3v) is 17.8. The summed E-state index contributed by atoms with van der Waals surface area (Å²) in [6, 6.07) is 91.4. The molecule has 10 heterocycles. The van der Waals surface area contributed by atoms with Crippen molar-refractivity contribution >= 4 is 121 Å². The average Bonchev–Trinajstić information content (AvgIpc) is 1.60. The third kappa shape index (κ3) is 6.49. The number of imidazole rings is 2. The molecule has 0 saturated heterocycles. The first-order valence-electron chi connectivity index (χ1n) is 29.4. The molecular weight excluding hydrogens is 1080 g/mol. The average molecular weight is 1130 g/mol. The van der Waals surface area contributed by atoms with Crippen molar-refractivity contribution in [3.8, 4) is 57.1 Å². The minimum Gasteiger partial charge on any atom is -0.304 e. The Bertz CT molecular complexity index is 6320. The maximum Gasteiger partial charge on any atom is 0.240 e. The molecule has 10 aromatic heterocycles. The highest BCUT2D eigenvalue weighted by Gasteiger charge is 2.28. The molecule has 0 radical (unpaired) electrons. The van der Waals surface area contributed by atoms with Gasteiger partial charge >= 0.3 is 0 Å². The van der Waals surface area contributed by atoms with Gasteiger partial charge in [-0.15, -0.1) is 0 Å². The fourth-order valence-electron chi connectivity index (χ4n) is 14.0. The van der Waals surface area contributed by atoms with Gasteiger partial charge in [0.2, 0.25) is 11.9 Å². The largest absolute Gasteiger partial charge is 0.304 e. The van der Waals surface area contributed by atoms with Gasteiger partial charge in [0, 0.05) is 43.6 Å². The molecule has 0 atom stereocenters. The number of fused-ring (bicyclic) bond motifs is 25. The fraction of sp³-hybridized carbons (Fsp3) is 0. The Morgan fingerprint density at radius 3 is 1.41 bits per heavy atom. The Morgan fingerprint density at radius 1 is 0.239 bits per heavy atom. The minimum absolute atomic E-state index is 0.531. The summed E-state index contributed by atoms with van der Waals surface area (Å²) in [5.41, 5.74) is 22.1. The van der Waals surface area contributed by atoms with Crippen molar-refractivity contribution in [2.24, 2.45) is 0 Å². The molecule has 0 saturated carbocycles. The van der Waals surface area contributed by atoms with Crippen molar-refractivity contribution < 1.29 is 0 Å². The van der Waals surface area contributed by atoms with Crippen LogP contribution in [0.4, 0.5) is 0 Å². The summed E-state index contributed by atoms with van der Waals surface area (Å²) in [6.45, 7) is 0. The van der Waals surface area contributed by atoms with Crippen molar-refractivity contribution in [2.45, 2.75) is 0 Å². The van der Waals surface area contributed by atoms with E-state index in [1.807, 2.05) is 48.5 Å². The van der Waals surface area contributed by atoms with Crippen LogP contribution in [0.2, 0.25) is 0 Å². The van der Waals surface area contributed by atoms with Crippen molar-refractivity contribution in [2.75, 3.05) is 0 Å². The van der Waals surface area contributed by atoms with E-state index in [9.17, 15) is 0 Å². The summed E-state index contributed by atoms with van der Waals surface area (Å²) >= 11 is 0. The Morgan fingerprint density at radius 2 is 0.716 bits per heavy atom. The monoisotopic (exact) mass is 1130 g/mol. The first-order chi connectivity index (χ1) is 43.6. The normalized spacial score (nSPS) is 12.3. The van der Waals surface area contributed by atoms with Crippen LogP contribution in [0, 0.1) is 0 Å². The van der Waals surface area contributed by atoms with E-state index in [-0.39, 0.29) is 0 Å². The zero-order valence-electron chi connectivity index (χ0n) is 46.6. The maximum atomic E-state index is 5.67. The summed E-state index contributed by atoms with van der Waals surface area (Å²) < 4.78 is 13.8. The molecule has 0 bridgehead atoms. The van der Waals surface area contributed by atoms with Gasteiger partial charge in [0.1, 0.15) is 0 Å². The van der Waals surface area contributed by atoms with Crippen LogP contribution in [0.5, 0.6) is 0 Å². The van der Waals surface area contributed by atoms with E-state index in [2.05, 4.69) is 239 Å². The molecule has 408 valence electrons. The highest BCUT2D eigenvalue weighted by molar-refractivity contribution is 6.15. The van der Waals surface area contributed by atoms with E-state index >= 15 is 0 Å². The van der Waals surface area contributed by atoms with E-state index in [1.54, 1.807) is 0 Å². The van der Waals surface area contributed by atoms with Crippen LogP contribution in [0.3, 0.4) is 0 Å². The van der Waals surface area contributed by atoms with Crippen molar-refractivity contribution in [3.05, 3.63) is 261 Å². The quantitative estimate of drug-likeness (QED) is 0.163. The summed E-state index contributed by atoms with van der Waals surface area (Å²) in [4.78, 5) is 37.4. The van der Waals surface area contributed by atoms with Crippen molar-refractivity contribution in [1.29, 1.82) is 0 Å². The van der Waals surface area contributed by atoms with E-state index in [0.717, 1.165) is 155 Å². The van der Waals surface area contributed by atoms with Crippen LogP contribution in [0.25, 0.3) is 178 Å². The Labute approximate surface area is 498 Å². The van der Waals surface area contributed by atoms with Gasteiger partial charge in [-0.25, -0.2) is 24.9 Å². The molecule has 0 aliphatic heterocycles. The number of rotatable bonds is 6. The topological polar surface area (TPSA) is 118 Å². The molecule has 13 heteroatoms. The van der Waals surface area contributed by atoms with E-state index in [4.69, 9.17) is 34.9 Å². The molecule has 0 fully saturated rings. The standard InChI is InChI=1S/C75H43N13/c1-3-20-44(21-4-1)68-80-69(45-22-5-2-6-23-45)82-75(81-68)87-59-34-15-9-28-52(59)66-72(87)84-57-33-14-7-24-48(57)42-64(84)63-43-50-41-47(38-39-58(50)83(63)66)46-25-19-26-49(40-46)65-51-27-8-11-30-54(51)78-74(79-65)88-60-35-16-10-29-53(60)67-73(88)86-62-37-18-13-32-56(62)77-71(86)70-76-55-31-12-17-36-61(55)85(67)70/h1-43H. The second-order valence-electron chi connectivity index (χ2n) is 22.6. The van der Waals surface area contributed by atoms with Crippen molar-refractivity contribution in [1.82, 2.24) is 61.6 Å². The molecule has 20 rings (SSSR count). The van der Waals surface area contributed by atoms with Gasteiger partial charge in [-0.2, -0.15) is 9.97 Å². The van der Waals surface area contributed by atoms with E-state index in [1.165, 1.54) is 0 Å². The number of hydrogen-bond donors (Lipinski definition) is 0. The highest BCUT2D eigenvalue weighted by Crippen LogP contribution is 2.43. The molecular formula is C75H43N13. The zero-order valence-corrected chi connectivity index (χ0v) is 46.6. The lowest BCUT2D eigenvalue weighted by molar-refractivity contribution is 0.939. The molecule has 0 N–H and O–H groups in total. The molecule has 0 amide bonds. The summed E-state index contributed by atoms with van der Waals surface area (Å²) in [6.07, 6.45) is 0. The van der Waals surface area contributed by atoms with Crippen LogP contribution in [0.1, 0.15) is 0 Å². The van der Waals surface area contributed by atoms with E-state index in [0.29, 0.717) is 23.5 Å². The summed E-state index contributed by atoms with van der Waals surface area (Å²) in [5.74, 6) is 2.28. The maximum absolute atomic E-state index is 5.67. The molecule has 13 nitrogen and oxygen atoms in total. The lowest BCUT2D eigenvalue weighted by atomic mass is 9.99. The number of hydrogen-bond acceptors (Lipinski definition) is 7. The Kier molecular flexibility index (Phi) is 9.42. The van der Waals surface area contributed by atoms with Gasteiger partial charge in [-0.05, 0) is 90.0 Å². The van der Waals surface area contributed by atoms with Gasteiger partial charge in [-0.1, -0.05) is 182 Å². The number of nitrogens with zero attached hydrogens (tertiary/aromatic N) is 13. The van der Waals surface area contributed by atoms with Crippen LogP contribution in [-0.4, -0.2) is 61.6 Å². The van der Waals surface area contributed by atoms with Gasteiger partial charge < -0.3 is 4.40 Å². The fourth-order valence-corrected chi connectivity index (χ4v) is 14.0. The Balaban J connectivity index is 0.801. The SMILES string of the molecule is c1ccc(-c2nc(-c3ccccc3)nc(-n3c4ccccc4c4c3n3c5ccccc5cc3c3cc5cc(-c6cccc(-c7nc(-n8c9ccccc9c9c8n8c%10ccccc%10nc8c8nc%10ccccc%10n89)nc8ccccc78)c6)ccc5n34)n2)cc1. The number of benzene rings is 10. The summed E-state index contributed by atoms with van der Waals surface area (Å²) in [5, 5.41) is 5.32. The first kappa shape index (κ1) is 47.1. The van der Waals surface area contributed by atoms with Gasteiger partial charge in [0.15, 0.2) is 34.2 Å². The van der Waals surface area contributed by atoms with Gasteiger partial charge in [0.05, 0.1) is 77.4 Å². The van der Waals surface area contributed by atoms with Gasteiger partial charge in [0.25, 0.3) is 0 Å². The zero-order chi connectivity index (χ0) is 57.3. The lowest BCUT2D eigenvalue weighted by Gasteiger charge is -2.13. The van der Waals surface area contributed by atoms with E-state index < -0.39 is 0 Å². The van der Waals surface area contributed by atoms with Crippen molar-refractivity contribution in [3.63, 3.8) is 0 Å². The first-order valence-corrected chi connectivity index (χ1v) is 29.4. The Hall–Kier alpha value is -12.4. The molecule has 0 spiro atoms. The summed E-state index contributed by atoms with van der Waals surface area (Å²) in [7, 11) is 0. The van der Waals surface area contributed by atoms with Crippen LogP contribution < -0.4 is 0 Å². The second-order valence-corrected chi connectivity index (χ2v) is 22.6. The van der Waals surface area contributed by atoms with Crippen LogP contribution >= 0.6 is 0 Å². The highest BCUT2D eigenvalue weighted by atomic mass is 15.3. The lowest BCUT2D eigenvalue weighted by Crippen LogP contribution is -2.08.